The van der Waals surface area contributed by atoms with E-state index in [4.69, 9.17) is 0 Å². The van der Waals surface area contributed by atoms with Crippen LogP contribution in [0.25, 0.3) is 0 Å². The fourth-order valence-corrected chi connectivity index (χ4v) is 9.40. The van der Waals surface area contributed by atoms with Crippen molar-refractivity contribution in [1.29, 1.82) is 0 Å². The summed E-state index contributed by atoms with van der Waals surface area (Å²) in [4.78, 5) is 27.5. The van der Waals surface area contributed by atoms with Crippen LogP contribution in [0.5, 0.6) is 0 Å². The van der Waals surface area contributed by atoms with Crippen LogP contribution in [-0.4, -0.2) is 66.6 Å². The van der Waals surface area contributed by atoms with Gasteiger partial charge in [0.1, 0.15) is 11.4 Å². The fraction of sp³-hybridized carbons (Fsp3) is 0.867. The Balaban J connectivity index is 1.76. The Labute approximate surface area is 221 Å². The number of carbonyl (C=O) groups is 2. The molecule has 7 nitrogen and oxygen atoms in total. The van der Waals surface area contributed by atoms with E-state index in [2.05, 4.69) is 13.0 Å². The lowest BCUT2D eigenvalue weighted by molar-refractivity contribution is -0.188. The number of rotatable bonds is 5. The molecule has 4 rings (SSSR count). The standard InChI is InChI=1S/C30H48O7/c1-25(2,36)12-11-21(33)30(8,37)23-19(32)14-27(5)20-10-9-16-17(13-18(31)24(35)26(16,3)4)29(20,7)22(34)15-28(23,27)6/h9,17-20,23-24,31-32,35-37H,10-15H2,1-8H3/t17-,18-,19+,20-,23-,24+,27-,28+,29-,30-/m0/s1. The molecule has 37 heavy (non-hydrogen) atoms. The quantitative estimate of drug-likeness (QED) is 0.352. The van der Waals surface area contributed by atoms with Crippen LogP contribution in [0.2, 0.25) is 0 Å². The molecular formula is C30H48O7. The van der Waals surface area contributed by atoms with Crippen molar-refractivity contribution in [2.24, 2.45) is 39.4 Å². The van der Waals surface area contributed by atoms with Crippen LogP contribution in [0.3, 0.4) is 0 Å². The van der Waals surface area contributed by atoms with Crippen molar-refractivity contribution in [3.8, 4) is 0 Å². The number of allylic oxidation sites excluding steroid dienone is 1. The van der Waals surface area contributed by atoms with Gasteiger partial charge in [-0.3, -0.25) is 9.59 Å². The number of carbonyl (C=O) groups excluding carboxylic acids is 2. The molecule has 3 saturated carbocycles. The Morgan fingerprint density at radius 2 is 1.59 bits per heavy atom. The summed E-state index contributed by atoms with van der Waals surface area (Å²) >= 11 is 0. The number of Topliss-reactive ketones (excluding diaryl/α,β-unsaturated/α-hetero) is 2. The molecule has 0 radical (unpaired) electrons. The summed E-state index contributed by atoms with van der Waals surface area (Å²) in [5.74, 6) is -1.60. The van der Waals surface area contributed by atoms with E-state index in [0.717, 1.165) is 5.57 Å². The number of fused-ring (bicyclic) bond motifs is 5. The average molecular weight is 521 g/mol. The topological polar surface area (TPSA) is 135 Å². The Morgan fingerprint density at radius 1 is 1.00 bits per heavy atom. The van der Waals surface area contributed by atoms with E-state index in [0.29, 0.717) is 19.3 Å². The van der Waals surface area contributed by atoms with E-state index in [1.807, 2.05) is 27.7 Å². The van der Waals surface area contributed by atoms with Gasteiger partial charge in [-0.25, -0.2) is 0 Å². The second kappa shape index (κ2) is 8.44. The third kappa shape index (κ3) is 3.86. The molecule has 3 fully saturated rings. The SMILES string of the molecule is CC(C)(O)CCC(=O)[C@](C)(O)[C@H]1[C@H](O)C[C@@]2(C)[C@@H]3CC=C4[C@H](C[C@H](O)[C@@H](O)C4(C)C)[C@]3(C)C(=O)C[C@]12C. The van der Waals surface area contributed by atoms with E-state index < -0.39 is 62.9 Å². The third-order valence-corrected chi connectivity index (χ3v) is 11.8. The molecule has 0 saturated heterocycles. The molecule has 0 aromatic heterocycles. The first-order chi connectivity index (χ1) is 16.7. The third-order valence-electron chi connectivity index (χ3n) is 11.8. The van der Waals surface area contributed by atoms with Gasteiger partial charge in [-0.2, -0.15) is 0 Å². The number of ketones is 2. The van der Waals surface area contributed by atoms with Crippen molar-refractivity contribution in [3.05, 3.63) is 11.6 Å². The second-order valence-electron chi connectivity index (χ2n) is 14.8. The zero-order valence-corrected chi connectivity index (χ0v) is 23.8. The summed E-state index contributed by atoms with van der Waals surface area (Å²) in [5.41, 5.74) is -4.71. The summed E-state index contributed by atoms with van der Waals surface area (Å²) in [6.45, 7) is 14.6. The lowest BCUT2D eigenvalue weighted by Gasteiger charge is -2.65. The Kier molecular flexibility index (Phi) is 6.59. The highest BCUT2D eigenvalue weighted by atomic mass is 16.3. The molecule has 0 spiro atoms. The molecule has 0 aromatic rings. The maximum atomic E-state index is 14.2. The number of aliphatic hydroxyl groups is 5. The molecule has 4 aliphatic rings. The second-order valence-corrected chi connectivity index (χ2v) is 14.8. The lowest BCUT2D eigenvalue weighted by atomic mass is 9.38. The summed E-state index contributed by atoms with van der Waals surface area (Å²) in [5, 5.41) is 54.8. The van der Waals surface area contributed by atoms with Gasteiger partial charge < -0.3 is 25.5 Å². The highest BCUT2D eigenvalue weighted by molar-refractivity contribution is 5.90. The van der Waals surface area contributed by atoms with Crippen molar-refractivity contribution >= 4 is 11.6 Å². The number of aliphatic hydroxyl groups excluding tert-OH is 3. The van der Waals surface area contributed by atoms with Gasteiger partial charge in [-0.15, -0.1) is 0 Å². The normalized spacial score (nSPS) is 46.8. The minimum Gasteiger partial charge on any atom is -0.393 e. The van der Waals surface area contributed by atoms with Crippen LogP contribution in [0, 0.1) is 39.4 Å². The fourth-order valence-electron chi connectivity index (χ4n) is 9.40. The van der Waals surface area contributed by atoms with E-state index in [9.17, 15) is 35.1 Å². The minimum absolute atomic E-state index is 0.0227. The first-order valence-electron chi connectivity index (χ1n) is 13.9. The molecule has 210 valence electrons. The van der Waals surface area contributed by atoms with E-state index in [1.54, 1.807) is 13.8 Å². The van der Waals surface area contributed by atoms with Crippen LogP contribution in [0.4, 0.5) is 0 Å². The lowest BCUT2D eigenvalue weighted by Crippen LogP contribution is -2.65. The summed E-state index contributed by atoms with van der Waals surface area (Å²) < 4.78 is 0. The van der Waals surface area contributed by atoms with Gasteiger partial charge in [0.15, 0.2) is 5.78 Å². The van der Waals surface area contributed by atoms with Gasteiger partial charge in [-0.1, -0.05) is 46.3 Å². The smallest absolute Gasteiger partial charge is 0.164 e. The highest BCUT2D eigenvalue weighted by Gasteiger charge is 2.74. The predicted molar refractivity (Wildman–Crippen MR) is 139 cm³/mol. The van der Waals surface area contributed by atoms with Gasteiger partial charge in [0.2, 0.25) is 0 Å². The molecule has 7 heteroatoms. The Hall–Kier alpha value is -1.12. The van der Waals surface area contributed by atoms with Crippen molar-refractivity contribution in [2.45, 2.75) is 123 Å². The monoisotopic (exact) mass is 520 g/mol. The van der Waals surface area contributed by atoms with E-state index in [-0.39, 0.29) is 36.9 Å². The molecule has 4 aliphatic carbocycles. The summed E-state index contributed by atoms with van der Waals surface area (Å²) in [6, 6.07) is 0. The van der Waals surface area contributed by atoms with Crippen LogP contribution in [0.1, 0.15) is 93.9 Å². The van der Waals surface area contributed by atoms with Gasteiger partial charge in [0.05, 0.1) is 23.9 Å². The molecule has 0 heterocycles. The molecule has 0 unspecified atom stereocenters. The Bertz CT molecular complexity index is 1010. The zero-order valence-electron chi connectivity index (χ0n) is 23.8. The van der Waals surface area contributed by atoms with Crippen LogP contribution in [0.15, 0.2) is 11.6 Å². The number of hydrogen-bond donors (Lipinski definition) is 5. The number of hydrogen-bond acceptors (Lipinski definition) is 7. The van der Waals surface area contributed by atoms with Crippen molar-refractivity contribution in [3.63, 3.8) is 0 Å². The van der Waals surface area contributed by atoms with E-state index >= 15 is 0 Å². The first kappa shape index (κ1) is 28.9. The average Bonchev–Trinajstić information content (AvgIpc) is 2.96. The zero-order chi connectivity index (χ0) is 28.1. The first-order valence-corrected chi connectivity index (χ1v) is 13.9. The van der Waals surface area contributed by atoms with Crippen LogP contribution in [-0.2, 0) is 9.59 Å². The maximum absolute atomic E-state index is 14.2. The largest absolute Gasteiger partial charge is 0.393 e. The molecule has 0 aliphatic heterocycles. The summed E-state index contributed by atoms with van der Waals surface area (Å²) in [7, 11) is 0. The predicted octanol–water partition coefficient (Wildman–Crippen LogP) is 2.94. The van der Waals surface area contributed by atoms with Gasteiger partial charge in [-0.05, 0) is 69.1 Å². The highest BCUT2D eigenvalue weighted by Crippen LogP contribution is 2.74. The van der Waals surface area contributed by atoms with Crippen molar-refractivity contribution < 1.29 is 35.1 Å². The van der Waals surface area contributed by atoms with E-state index in [1.165, 1.54) is 6.92 Å². The van der Waals surface area contributed by atoms with Crippen LogP contribution >= 0.6 is 0 Å². The van der Waals surface area contributed by atoms with Gasteiger partial charge in [0.25, 0.3) is 0 Å². The molecule has 0 amide bonds. The molecule has 10 atom stereocenters. The Morgan fingerprint density at radius 3 is 2.16 bits per heavy atom. The summed E-state index contributed by atoms with van der Waals surface area (Å²) in [6.07, 6.45) is 0.895. The van der Waals surface area contributed by atoms with Gasteiger partial charge >= 0.3 is 0 Å². The molecule has 0 bridgehead atoms. The minimum atomic E-state index is -1.85. The van der Waals surface area contributed by atoms with Crippen molar-refractivity contribution in [2.75, 3.05) is 0 Å². The van der Waals surface area contributed by atoms with Crippen LogP contribution < -0.4 is 0 Å². The maximum Gasteiger partial charge on any atom is 0.164 e. The van der Waals surface area contributed by atoms with Gasteiger partial charge in [0, 0.05) is 29.6 Å². The molecule has 5 N–H and O–H groups in total. The van der Waals surface area contributed by atoms with Crippen molar-refractivity contribution in [1.82, 2.24) is 0 Å². The molecule has 0 aromatic carbocycles. The molecular weight excluding hydrogens is 472 g/mol.